The van der Waals surface area contributed by atoms with Crippen LogP contribution in [-0.4, -0.2) is 29.7 Å². The molecule has 0 unspecified atom stereocenters. The number of methoxy groups -OCH3 is 1. The third-order valence-corrected chi connectivity index (χ3v) is 2.47. The summed E-state index contributed by atoms with van der Waals surface area (Å²) in [4.78, 5) is 19.4. The van der Waals surface area contributed by atoms with E-state index in [4.69, 9.17) is 4.74 Å². The lowest BCUT2D eigenvalue weighted by Crippen LogP contribution is -2.06. The van der Waals surface area contributed by atoms with Gasteiger partial charge in [0.1, 0.15) is 11.6 Å². The van der Waals surface area contributed by atoms with Crippen LogP contribution in [0.25, 0.3) is 0 Å². The molecule has 1 aromatic carbocycles. The molecule has 1 heterocycles. The van der Waals surface area contributed by atoms with Gasteiger partial charge in [-0.1, -0.05) is 0 Å². The maximum atomic E-state index is 11.4. The van der Waals surface area contributed by atoms with E-state index in [1.54, 1.807) is 0 Å². The Labute approximate surface area is 116 Å². The summed E-state index contributed by atoms with van der Waals surface area (Å²) in [6.45, 7) is 2.56. The van der Waals surface area contributed by atoms with E-state index in [1.165, 1.54) is 19.5 Å². The van der Waals surface area contributed by atoms with Crippen LogP contribution in [0.1, 0.15) is 17.4 Å². The third kappa shape index (κ3) is 3.44. The number of carbonyl (C=O) groups is 1. The van der Waals surface area contributed by atoms with Gasteiger partial charge in [-0.15, -0.1) is 0 Å². The highest BCUT2D eigenvalue weighted by molar-refractivity contribution is 5.87. The molecule has 0 radical (unpaired) electrons. The second kappa shape index (κ2) is 6.51. The van der Waals surface area contributed by atoms with E-state index in [0.717, 1.165) is 11.4 Å². The highest BCUT2D eigenvalue weighted by atomic mass is 16.5. The zero-order valence-corrected chi connectivity index (χ0v) is 11.3. The smallest absolute Gasteiger partial charge is 0.358 e. The first kappa shape index (κ1) is 13.8. The van der Waals surface area contributed by atoms with Gasteiger partial charge in [0.2, 0.25) is 0 Å². The predicted octanol–water partition coefficient (Wildman–Crippen LogP) is 2.41. The van der Waals surface area contributed by atoms with Gasteiger partial charge < -0.3 is 14.8 Å². The van der Waals surface area contributed by atoms with Crippen LogP contribution >= 0.6 is 0 Å². The Kier molecular flexibility index (Phi) is 4.49. The summed E-state index contributed by atoms with van der Waals surface area (Å²) in [7, 11) is 1.30. The number of nitrogens with one attached hydrogen (secondary N) is 1. The molecule has 6 nitrogen and oxygen atoms in total. The van der Waals surface area contributed by atoms with Gasteiger partial charge in [0.15, 0.2) is 5.69 Å². The molecule has 104 valence electrons. The zero-order valence-electron chi connectivity index (χ0n) is 11.3. The molecule has 2 aromatic rings. The maximum absolute atomic E-state index is 11.4. The number of ether oxygens (including phenoxy) is 2. The largest absolute Gasteiger partial charge is 0.494 e. The van der Waals surface area contributed by atoms with Crippen molar-refractivity contribution < 1.29 is 14.3 Å². The number of aromatic nitrogens is 2. The van der Waals surface area contributed by atoms with Gasteiger partial charge in [0, 0.05) is 5.69 Å². The van der Waals surface area contributed by atoms with Crippen molar-refractivity contribution in [3.63, 3.8) is 0 Å². The van der Waals surface area contributed by atoms with E-state index in [2.05, 4.69) is 20.0 Å². The van der Waals surface area contributed by atoms with Crippen molar-refractivity contribution in [1.29, 1.82) is 0 Å². The van der Waals surface area contributed by atoms with Crippen LogP contribution in [0.15, 0.2) is 36.7 Å². The quantitative estimate of drug-likeness (QED) is 0.843. The molecule has 0 aliphatic carbocycles. The van der Waals surface area contributed by atoms with Crippen LogP contribution in [0.4, 0.5) is 11.5 Å². The number of rotatable bonds is 5. The fourth-order valence-corrected chi connectivity index (χ4v) is 1.58. The van der Waals surface area contributed by atoms with E-state index in [9.17, 15) is 4.79 Å². The number of esters is 1. The van der Waals surface area contributed by atoms with Crippen molar-refractivity contribution in [2.75, 3.05) is 19.0 Å². The number of benzene rings is 1. The van der Waals surface area contributed by atoms with Crippen molar-refractivity contribution in [1.82, 2.24) is 9.97 Å². The third-order valence-electron chi connectivity index (χ3n) is 2.47. The van der Waals surface area contributed by atoms with Gasteiger partial charge in [0.25, 0.3) is 0 Å². The highest BCUT2D eigenvalue weighted by Crippen LogP contribution is 2.18. The Hall–Kier alpha value is -2.63. The minimum atomic E-state index is -0.521. The Bertz CT molecular complexity index is 584. The molecule has 0 aliphatic heterocycles. The van der Waals surface area contributed by atoms with Gasteiger partial charge in [-0.2, -0.15) is 0 Å². The van der Waals surface area contributed by atoms with Crippen LogP contribution in [0.3, 0.4) is 0 Å². The summed E-state index contributed by atoms with van der Waals surface area (Å²) in [5.74, 6) is 0.748. The predicted molar refractivity (Wildman–Crippen MR) is 74.3 cm³/mol. The molecule has 0 spiro atoms. The molecule has 0 saturated carbocycles. The second-order valence-corrected chi connectivity index (χ2v) is 3.86. The molecule has 0 saturated heterocycles. The van der Waals surface area contributed by atoms with Gasteiger partial charge in [-0.05, 0) is 31.2 Å². The fraction of sp³-hybridized carbons (Fsp3) is 0.214. The molecule has 0 atom stereocenters. The van der Waals surface area contributed by atoms with Gasteiger partial charge in [-0.3, -0.25) is 4.98 Å². The first-order chi connectivity index (χ1) is 9.72. The average molecular weight is 273 g/mol. The van der Waals surface area contributed by atoms with E-state index in [-0.39, 0.29) is 5.69 Å². The molecule has 0 amide bonds. The molecule has 0 aliphatic rings. The SMILES string of the molecule is CCOc1ccc(Nc2cncc(C(=O)OC)n2)cc1. The molecule has 1 N–H and O–H groups in total. The molecule has 20 heavy (non-hydrogen) atoms. The first-order valence-electron chi connectivity index (χ1n) is 6.13. The van der Waals surface area contributed by atoms with Crippen LogP contribution in [0.2, 0.25) is 0 Å². The van der Waals surface area contributed by atoms with Gasteiger partial charge >= 0.3 is 5.97 Å². The van der Waals surface area contributed by atoms with E-state index < -0.39 is 5.97 Å². The van der Waals surface area contributed by atoms with Crippen LogP contribution in [0.5, 0.6) is 5.75 Å². The molecular weight excluding hydrogens is 258 g/mol. The number of hydrogen-bond acceptors (Lipinski definition) is 6. The summed E-state index contributed by atoms with van der Waals surface area (Å²) in [5, 5.41) is 3.06. The van der Waals surface area contributed by atoms with Gasteiger partial charge in [-0.25, -0.2) is 9.78 Å². The lowest BCUT2D eigenvalue weighted by molar-refractivity contribution is 0.0593. The molecule has 2 rings (SSSR count). The van der Waals surface area contributed by atoms with Crippen molar-refractivity contribution in [2.45, 2.75) is 6.92 Å². The Morgan fingerprint density at radius 2 is 2.00 bits per heavy atom. The molecule has 0 bridgehead atoms. The number of nitrogens with zero attached hydrogens (tertiary/aromatic N) is 2. The number of anilines is 2. The van der Waals surface area contributed by atoms with E-state index in [0.29, 0.717) is 12.4 Å². The standard InChI is InChI=1S/C14H15N3O3/c1-3-20-11-6-4-10(5-7-11)16-13-9-15-8-12(17-13)14(18)19-2/h4-9H,3H2,1-2H3,(H,16,17). The van der Waals surface area contributed by atoms with Gasteiger partial charge in [0.05, 0.1) is 26.1 Å². The van der Waals surface area contributed by atoms with Crippen molar-refractivity contribution in [2.24, 2.45) is 0 Å². The summed E-state index contributed by atoms with van der Waals surface area (Å²) in [6, 6.07) is 7.42. The summed E-state index contributed by atoms with van der Waals surface area (Å²) < 4.78 is 9.96. The summed E-state index contributed by atoms with van der Waals surface area (Å²) >= 11 is 0. The maximum Gasteiger partial charge on any atom is 0.358 e. The van der Waals surface area contributed by atoms with E-state index in [1.807, 2.05) is 31.2 Å². The Balaban J connectivity index is 2.11. The summed E-state index contributed by atoms with van der Waals surface area (Å²) in [5.41, 5.74) is 0.980. The molecular formula is C14H15N3O3. The lowest BCUT2D eigenvalue weighted by atomic mass is 10.3. The normalized spacial score (nSPS) is 9.90. The number of hydrogen-bond donors (Lipinski definition) is 1. The molecule has 1 aromatic heterocycles. The second-order valence-electron chi connectivity index (χ2n) is 3.86. The van der Waals surface area contributed by atoms with Crippen molar-refractivity contribution >= 4 is 17.5 Å². The topological polar surface area (TPSA) is 73.3 Å². The molecule has 0 fully saturated rings. The van der Waals surface area contributed by atoms with Crippen LogP contribution < -0.4 is 10.1 Å². The Morgan fingerprint density at radius 3 is 2.65 bits per heavy atom. The fourth-order valence-electron chi connectivity index (χ4n) is 1.58. The highest BCUT2D eigenvalue weighted by Gasteiger charge is 2.08. The number of carbonyl (C=O) groups excluding carboxylic acids is 1. The van der Waals surface area contributed by atoms with E-state index >= 15 is 0 Å². The van der Waals surface area contributed by atoms with Crippen molar-refractivity contribution in [3.05, 3.63) is 42.4 Å². The average Bonchev–Trinajstić information content (AvgIpc) is 2.49. The van der Waals surface area contributed by atoms with Crippen LogP contribution in [-0.2, 0) is 4.74 Å². The van der Waals surface area contributed by atoms with Crippen molar-refractivity contribution in [3.8, 4) is 5.75 Å². The minimum Gasteiger partial charge on any atom is -0.494 e. The minimum absolute atomic E-state index is 0.156. The monoisotopic (exact) mass is 273 g/mol. The molecule has 6 heteroatoms. The Morgan fingerprint density at radius 1 is 1.25 bits per heavy atom. The summed E-state index contributed by atoms with van der Waals surface area (Å²) in [6.07, 6.45) is 2.89. The first-order valence-corrected chi connectivity index (χ1v) is 6.13. The lowest BCUT2D eigenvalue weighted by Gasteiger charge is -2.07. The zero-order chi connectivity index (χ0) is 14.4. The van der Waals surface area contributed by atoms with Crippen LogP contribution in [0, 0.1) is 0 Å².